The second-order valence-corrected chi connectivity index (χ2v) is 5.71. The fraction of sp³-hybridized carbons (Fsp3) is 0.235. The summed E-state index contributed by atoms with van der Waals surface area (Å²) in [7, 11) is 0. The zero-order valence-electron chi connectivity index (χ0n) is 12.5. The zero-order chi connectivity index (χ0) is 16.1. The molecule has 1 aliphatic rings. The summed E-state index contributed by atoms with van der Waals surface area (Å²) in [6.45, 7) is 2.42. The number of benzene rings is 2. The van der Waals surface area contributed by atoms with Crippen molar-refractivity contribution < 1.29 is 9.53 Å². The van der Waals surface area contributed by atoms with Gasteiger partial charge >= 0.3 is 6.03 Å². The Bertz CT molecular complexity index is 653. The van der Waals surface area contributed by atoms with Crippen LogP contribution < -0.4 is 16.0 Å². The fourth-order valence-corrected chi connectivity index (χ4v) is 2.51. The van der Waals surface area contributed by atoms with Crippen LogP contribution in [0.2, 0.25) is 5.02 Å². The van der Waals surface area contributed by atoms with E-state index in [2.05, 4.69) is 16.0 Å². The van der Waals surface area contributed by atoms with Gasteiger partial charge < -0.3 is 20.7 Å². The Kier molecular flexibility index (Phi) is 5.12. The van der Waals surface area contributed by atoms with Crippen LogP contribution in [0, 0.1) is 0 Å². The molecule has 0 unspecified atom stereocenters. The molecule has 3 rings (SSSR count). The summed E-state index contributed by atoms with van der Waals surface area (Å²) in [5.74, 6) is 0. The molecule has 0 radical (unpaired) electrons. The van der Waals surface area contributed by atoms with Crippen LogP contribution >= 0.6 is 11.6 Å². The third kappa shape index (κ3) is 4.45. The van der Waals surface area contributed by atoms with Crippen LogP contribution in [0.4, 0.5) is 16.2 Å². The lowest BCUT2D eigenvalue weighted by Crippen LogP contribution is -2.33. The number of anilines is 2. The average Bonchev–Trinajstić information content (AvgIpc) is 2.58. The molecule has 5 nitrogen and oxygen atoms in total. The van der Waals surface area contributed by atoms with Crippen molar-refractivity contribution in [1.82, 2.24) is 5.32 Å². The summed E-state index contributed by atoms with van der Waals surface area (Å²) in [5, 5.41) is 9.48. The number of halogens is 1. The number of carbonyl (C=O) groups excluding carboxylic acids is 1. The molecule has 0 spiro atoms. The molecule has 1 heterocycles. The van der Waals surface area contributed by atoms with Gasteiger partial charge in [-0.1, -0.05) is 23.7 Å². The number of hydrogen-bond acceptors (Lipinski definition) is 3. The van der Waals surface area contributed by atoms with Crippen LogP contribution in [0.5, 0.6) is 0 Å². The number of nitrogens with one attached hydrogen (secondary N) is 3. The van der Waals surface area contributed by atoms with Crippen molar-refractivity contribution >= 4 is 29.0 Å². The number of ether oxygens (including phenoxy) is 1. The summed E-state index contributed by atoms with van der Waals surface area (Å²) >= 11 is 5.81. The number of amides is 2. The van der Waals surface area contributed by atoms with Crippen molar-refractivity contribution in [2.75, 3.05) is 30.3 Å². The molecule has 0 aromatic heterocycles. The summed E-state index contributed by atoms with van der Waals surface area (Å²) in [5.41, 5.74) is 2.51. The molecule has 120 valence electrons. The highest BCUT2D eigenvalue weighted by Gasteiger charge is 2.15. The monoisotopic (exact) mass is 331 g/mol. The SMILES string of the molecule is O=C(Nc1ccc(Cl)cc1)Nc1ccc([C@@H]2CNCCO2)cc1. The molecule has 23 heavy (non-hydrogen) atoms. The molecular weight excluding hydrogens is 314 g/mol. The predicted octanol–water partition coefficient (Wildman–Crippen LogP) is 3.64. The van der Waals surface area contributed by atoms with Gasteiger partial charge in [0.15, 0.2) is 0 Å². The molecule has 2 aromatic rings. The first-order chi connectivity index (χ1) is 11.2. The standard InChI is InChI=1S/C17H18ClN3O2/c18-13-3-7-15(8-4-13)21-17(22)20-14-5-1-12(2-6-14)16-11-19-9-10-23-16/h1-8,16,19H,9-11H2,(H2,20,21,22)/t16-/m0/s1. The number of carbonyl (C=O) groups is 1. The summed E-state index contributed by atoms with van der Waals surface area (Å²) in [6, 6.07) is 14.3. The minimum Gasteiger partial charge on any atom is -0.371 e. The number of urea groups is 1. The molecule has 0 aliphatic carbocycles. The molecule has 3 N–H and O–H groups in total. The molecule has 1 saturated heterocycles. The average molecular weight is 332 g/mol. The molecule has 1 atom stereocenters. The maximum Gasteiger partial charge on any atom is 0.323 e. The Balaban J connectivity index is 1.57. The lowest BCUT2D eigenvalue weighted by atomic mass is 10.1. The third-order valence-electron chi connectivity index (χ3n) is 3.57. The first-order valence-corrected chi connectivity index (χ1v) is 7.84. The lowest BCUT2D eigenvalue weighted by molar-refractivity contribution is 0.0277. The molecule has 0 bridgehead atoms. The predicted molar refractivity (Wildman–Crippen MR) is 92.1 cm³/mol. The fourth-order valence-electron chi connectivity index (χ4n) is 2.39. The van der Waals surface area contributed by atoms with Crippen molar-refractivity contribution in [1.29, 1.82) is 0 Å². The summed E-state index contributed by atoms with van der Waals surface area (Å²) < 4.78 is 5.70. The quantitative estimate of drug-likeness (QED) is 0.804. The van der Waals surface area contributed by atoms with Crippen molar-refractivity contribution in [3.8, 4) is 0 Å². The van der Waals surface area contributed by atoms with Crippen LogP contribution in [-0.2, 0) is 4.74 Å². The van der Waals surface area contributed by atoms with Gasteiger partial charge in [0.2, 0.25) is 0 Å². The van der Waals surface area contributed by atoms with E-state index in [9.17, 15) is 4.79 Å². The zero-order valence-corrected chi connectivity index (χ0v) is 13.3. The number of hydrogen-bond donors (Lipinski definition) is 3. The minimum atomic E-state index is -0.296. The Morgan fingerprint density at radius 2 is 1.65 bits per heavy atom. The molecule has 6 heteroatoms. The van der Waals surface area contributed by atoms with Crippen LogP contribution in [-0.4, -0.2) is 25.7 Å². The second kappa shape index (κ2) is 7.46. The van der Waals surface area contributed by atoms with Crippen molar-refractivity contribution in [2.45, 2.75) is 6.10 Å². The van der Waals surface area contributed by atoms with Crippen LogP contribution in [0.25, 0.3) is 0 Å². The molecule has 0 saturated carbocycles. The van der Waals surface area contributed by atoms with E-state index >= 15 is 0 Å². The van der Waals surface area contributed by atoms with E-state index < -0.39 is 0 Å². The molecular formula is C17H18ClN3O2. The van der Waals surface area contributed by atoms with Crippen molar-refractivity contribution in [3.05, 3.63) is 59.1 Å². The van der Waals surface area contributed by atoms with Crippen LogP contribution in [0.1, 0.15) is 11.7 Å². The van der Waals surface area contributed by atoms with E-state index in [-0.39, 0.29) is 12.1 Å². The van der Waals surface area contributed by atoms with Gasteiger partial charge in [-0.3, -0.25) is 0 Å². The maximum absolute atomic E-state index is 12.0. The van der Waals surface area contributed by atoms with Gasteiger partial charge in [0, 0.05) is 29.5 Å². The van der Waals surface area contributed by atoms with Gasteiger partial charge in [-0.25, -0.2) is 4.79 Å². The summed E-state index contributed by atoms with van der Waals surface area (Å²) in [6.07, 6.45) is 0.0701. The van der Waals surface area contributed by atoms with Crippen molar-refractivity contribution in [3.63, 3.8) is 0 Å². The minimum absolute atomic E-state index is 0.0701. The van der Waals surface area contributed by atoms with E-state index in [0.717, 1.165) is 24.3 Å². The normalized spacial score (nSPS) is 17.5. The van der Waals surface area contributed by atoms with Crippen LogP contribution in [0.3, 0.4) is 0 Å². The molecule has 1 fully saturated rings. The van der Waals surface area contributed by atoms with E-state index in [4.69, 9.17) is 16.3 Å². The highest BCUT2D eigenvalue weighted by Crippen LogP contribution is 2.21. The number of rotatable bonds is 3. The molecule has 1 aliphatic heterocycles. The van der Waals surface area contributed by atoms with Gasteiger partial charge in [-0.15, -0.1) is 0 Å². The topological polar surface area (TPSA) is 62.4 Å². The Hall–Kier alpha value is -2.08. The summed E-state index contributed by atoms with van der Waals surface area (Å²) in [4.78, 5) is 12.0. The van der Waals surface area contributed by atoms with Gasteiger partial charge in [0.05, 0.1) is 12.7 Å². The van der Waals surface area contributed by atoms with E-state index in [1.54, 1.807) is 24.3 Å². The number of morpholine rings is 1. The van der Waals surface area contributed by atoms with E-state index in [1.807, 2.05) is 24.3 Å². The highest BCUT2D eigenvalue weighted by molar-refractivity contribution is 6.30. The maximum atomic E-state index is 12.0. The smallest absolute Gasteiger partial charge is 0.323 e. The lowest BCUT2D eigenvalue weighted by Gasteiger charge is -2.24. The Labute approximate surface area is 140 Å². The Morgan fingerprint density at radius 1 is 1.04 bits per heavy atom. The van der Waals surface area contributed by atoms with Gasteiger partial charge in [0.25, 0.3) is 0 Å². The van der Waals surface area contributed by atoms with Crippen molar-refractivity contribution in [2.24, 2.45) is 0 Å². The second-order valence-electron chi connectivity index (χ2n) is 5.27. The van der Waals surface area contributed by atoms with E-state index in [0.29, 0.717) is 17.3 Å². The van der Waals surface area contributed by atoms with Gasteiger partial charge in [-0.05, 0) is 42.0 Å². The van der Waals surface area contributed by atoms with E-state index in [1.165, 1.54) is 0 Å². The van der Waals surface area contributed by atoms with Gasteiger partial charge in [-0.2, -0.15) is 0 Å². The first kappa shape index (κ1) is 15.8. The first-order valence-electron chi connectivity index (χ1n) is 7.46. The van der Waals surface area contributed by atoms with Gasteiger partial charge in [0.1, 0.15) is 0 Å². The third-order valence-corrected chi connectivity index (χ3v) is 3.82. The highest BCUT2D eigenvalue weighted by atomic mass is 35.5. The Morgan fingerprint density at radius 3 is 2.22 bits per heavy atom. The molecule has 2 amide bonds. The van der Waals surface area contributed by atoms with Crippen LogP contribution in [0.15, 0.2) is 48.5 Å². The molecule has 2 aromatic carbocycles. The largest absolute Gasteiger partial charge is 0.371 e.